The lowest BCUT2D eigenvalue weighted by Gasteiger charge is -2.06. The summed E-state index contributed by atoms with van der Waals surface area (Å²) in [4.78, 5) is 4.76. The lowest BCUT2D eigenvalue weighted by Crippen LogP contribution is -2.08. The molecule has 3 nitrogen and oxygen atoms in total. The Hall–Kier alpha value is -0.870. The van der Waals surface area contributed by atoms with Gasteiger partial charge in [0.15, 0.2) is 0 Å². The number of imidazole rings is 1. The van der Waals surface area contributed by atoms with Gasteiger partial charge in [-0.3, -0.25) is 0 Å². The summed E-state index contributed by atoms with van der Waals surface area (Å²) in [7, 11) is 0. The first-order chi connectivity index (χ1) is 8.04. The van der Waals surface area contributed by atoms with Crippen LogP contribution in [0.4, 0.5) is 0 Å². The van der Waals surface area contributed by atoms with Crippen molar-refractivity contribution in [2.75, 3.05) is 6.54 Å². The molecule has 92 valence electrons. The topological polar surface area (TPSA) is 43.3 Å². The molecular formula is C13H18BrN3. The number of nitrogens with two attached hydrogens (primary N) is 1. The highest BCUT2D eigenvalue weighted by atomic mass is 79.9. The molecular weight excluding hydrogens is 278 g/mol. The number of nitrogens with zero attached hydrogens (tertiary/aromatic N) is 2. The van der Waals surface area contributed by atoms with Crippen LogP contribution in [0, 0.1) is 6.92 Å². The molecule has 0 radical (unpaired) electrons. The number of aryl methyl sites for hydroxylation is 1. The zero-order valence-corrected chi connectivity index (χ0v) is 12.1. The molecule has 0 aromatic carbocycles. The van der Waals surface area contributed by atoms with E-state index >= 15 is 0 Å². The highest BCUT2D eigenvalue weighted by molar-refractivity contribution is 9.10. The van der Waals surface area contributed by atoms with Crippen molar-refractivity contribution >= 4 is 21.6 Å². The van der Waals surface area contributed by atoms with Crippen molar-refractivity contribution in [2.45, 2.75) is 33.1 Å². The smallest absolute Gasteiger partial charge is 0.140 e. The first-order valence-corrected chi connectivity index (χ1v) is 6.71. The van der Waals surface area contributed by atoms with Gasteiger partial charge >= 0.3 is 0 Å². The van der Waals surface area contributed by atoms with Crippen molar-refractivity contribution < 1.29 is 0 Å². The molecule has 0 saturated heterocycles. The van der Waals surface area contributed by atoms with Crippen LogP contribution in [0.1, 0.15) is 36.7 Å². The Morgan fingerprint density at radius 3 is 2.76 bits per heavy atom. The van der Waals surface area contributed by atoms with Crippen molar-refractivity contribution in [3.05, 3.63) is 33.7 Å². The van der Waals surface area contributed by atoms with Crippen LogP contribution in [0.15, 0.2) is 16.7 Å². The van der Waals surface area contributed by atoms with Crippen molar-refractivity contribution in [1.82, 2.24) is 9.38 Å². The van der Waals surface area contributed by atoms with Gasteiger partial charge in [-0.2, -0.15) is 0 Å². The predicted molar refractivity (Wildman–Crippen MR) is 74.5 cm³/mol. The van der Waals surface area contributed by atoms with Gasteiger partial charge in [0.05, 0.1) is 5.69 Å². The summed E-state index contributed by atoms with van der Waals surface area (Å²) in [5.74, 6) is 0.426. The molecule has 0 bridgehead atoms. The fourth-order valence-corrected chi connectivity index (χ4v) is 2.73. The summed E-state index contributed by atoms with van der Waals surface area (Å²) in [5.41, 5.74) is 10.3. The number of hydrogen-bond acceptors (Lipinski definition) is 2. The van der Waals surface area contributed by atoms with Crippen molar-refractivity contribution in [1.29, 1.82) is 0 Å². The Morgan fingerprint density at radius 1 is 1.47 bits per heavy atom. The summed E-state index contributed by atoms with van der Waals surface area (Å²) in [6.07, 6.45) is 2.94. The maximum atomic E-state index is 5.70. The average molecular weight is 296 g/mol. The molecule has 0 amide bonds. The van der Waals surface area contributed by atoms with Crippen molar-refractivity contribution in [3.8, 4) is 0 Å². The van der Waals surface area contributed by atoms with E-state index < -0.39 is 0 Å². The summed E-state index contributed by atoms with van der Waals surface area (Å²) < 4.78 is 3.25. The number of aromatic nitrogens is 2. The molecule has 17 heavy (non-hydrogen) atoms. The lowest BCUT2D eigenvalue weighted by atomic mass is 10.1. The molecule has 2 N–H and O–H groups in total. The second-order valence-electron chi connectivity index (χ2n) is 4.67. The molecule has 0 atom stereocenters. The van der Waals surface area contributed by atoms with E-state index in [-0.39, 0.29) is 0 Å². The molecule has 0 fully saturated rings. The van der Waals surface area contributed by atoms with E-state index in [4.69, 9.17) is 10.7 Å². The minimum atomic E-state index is 0.426. The Bertz CT molecular complexity index is 543. The number of rotatable bonds is 3. The van der Waals surface area contributed by atoms with E-state index in [9.17, 15) is 0 Å². The summed E-state index contributed by atoms with van der Waals surface area (Å²) in [6.45, 7) is 7.08. The summed E-state index contributed by atoms with van der Waals surface area (Å²) in [5, 5.41) is 0. The minimum Gasteiger partial charge on any atom is -0.330 e. The third-order valence-corrected chi connectivity index (χ3v) is 3.36. The maximum absolute atomic E-state index is 5.70. The quantitative estimate of drug-likeness (QED) is 0.946. The van der Waals surface area contributed by atoms with Gasteiger partial charge < -0.3 is 10.1 Å². The molecule has 0 aliphatic rings. The third-order valence-electron chi connectivity index (χ3n) is 2.93. The molecule has 0 saturated carbocycles. The van der Waals surface area contributed by atoms with E-state index in [0.717, 1.165) is 22.2 Å². The first-order valence-electron chi connectivity index (χ1n) is 5.91. The predicted octanol–water partition coefficient (Wildman–Crippen LogP) is 3.03. The lowest BCUT2D eigenvalue weighted by molar-refractivity contribution is 0.791. The van der Waals surface area contributed by atoms with Crippen LogP contribution in [-0.4, -0.2) is 15.9 Å². The number of pyridine rings is 1. The SMILES string of the molecule is Cc1cc(Br)cn2c(CCN)c(C(C)C)nc12. The zero-order chi connectivity index (χ0) is 12.6. The van der Waals surface area contributed by atoms with Crippen molar-refractivity contribution in [2.24, 2.45) is 5.73 Å². The van der Waals surface area contributed by atoms with E-state index in [2.05, 4.69) is 53.4 Å². The Morgan fingerprint density at radius 2 is 2.18 bits per heavy atom. The summed E-state index contributed by atoms with van der Waals surface area (Å²) >= 11 is 3.53. The molecule has 2 aromatic heterocycles. The van der Waals surface area contributed by atoms with Crippen LogP contribution in [-0.2, 0) is 6.42 Å². The van der Waals surface area contributed by atoms with Gasteiger partial charge in [0.25, 0.3) is 0 Å². The molecule has 0 spiro atoms. The second-order valence-corrected chi connectivity index (χ2v) is 5.59. The monoisotopic (exact) mass is 295 g/mol. The third kappa shape index (κ3) is 2.24. The largest absolute Gasteiger partial charge is 0.330 e. The van der Waals surface area contributed by atoms with Gasteiger partial charge in [0.1, 0.15) is 5.65 Å². The van der Waals surface area contributed by atoms with E-state index in [1.807, 2.05) is 0 Å². The van der Waals surface area contributed by atoms with Crippen LogP contribution in [0.2, 0.25) is 0 Å². The number of halogens is 1. The van der Waals surface area contributed by atoms with Crippen molar-refractivity contribution in [3.63, 3.8) is 0 Å². The standard InChI is InChI=1S/C13H18BrN3/c1-8(2)12-11(4-5-15)17-7-10(14)6-9(3)13(17)16-12/h6-8H,4-5,15H2,1-3H3. The molecule has 4 heteroatoms. The Kier molecular flexibility index (Phi) is 3.54. The van der Waals surface area contributed by atoms with Crippen LogP contribution < -0.4 is 5.73 Å². The minimum absolute atomic E-state index is 0.426. The molecule has 0 unspecified atom stereocenters. The Balaban J connectivity index is 2.75. The van der Waals surface area contributed by atoms with Gasteiger partial charge in [-0.25, -0.2) is 4.98 Å². The highest BCUT2D eigenvalue weighted by Crippen LogP contribution is 2.25. The van der Waals surface area contributed by atoms with Gasteiger partial charge in [0.2, 0.25) is 0 Å². The zero-order valence-electron chi connectivity index (χ0n) is 10.5. The number of fused-ring (bicyclic) bond motifs is 1. The van der Waals surface area contributed by atoms with E-state index in [1.165, 1.54) is 11.3 Å². The Labute approximate surface area is 110 Å². The number of hydrogen-bond donors (Lipinski definition) is 1. The van der Waals surface area contributed by atoms with Crippen LogP contribution in [0.25, 0.3) is 5.65 Å². The van der Waals surface area contributed by atoms with E-state index in [1.54, 1.807) is 0 Å². The molecule has 2 aromatic rings. The fourth-order valence-electron chi connectivity index (χ4n) is 2.18. The second kappa shape index (κ2) is 4.78. The average Bonchev–Trinajstić information content (AvgIpc) is 2.58. The fraction of sp³-hybridized carbons (Fsp3) is 0.462. The normalized spacial score (nSPS) is 11.6. The van der Waals surface area contributed by atoms with Gasteiger partial charge in [0, 0.05) is 22.8 Å². The van der Waals surface area contributed by atoms with Gasteiger partial charge in [-0.1, -0.05) is 13.8 Å². The van der Waals surface area contributed by atoms with Crippen LogP contribution in [0.5, 0.6) is 0 Å². The van der Waals surface area contributed by atoms with Crippen LogP contribution in [0.3, 0.4) is 0 Å². The summed E-state index contributed by atoms with van der Waals surface area (Å²) in [6, 6.07) is 2.10. The van der Waals surface area contributed by atoms with Gasteiger partial charge in [-0.05, 0) is 46.9 Å². The molecule has 2 rings (SSSR count). The molecule has 0 aliphatic carbocycles. The highest BCUT2D eigenvalue weighted by Gasteiger charge is 2.15. The molecule has 2 heterocycles. The van der Waals surface area contributed by atoms with Crippen LogP contribution >= 0.6 is 15.9 Å². The maximum Gasteiger partial charge on any atom is 0.140 e. The first kappa shape index (κ1) is 12.6. The molecule has 0 aliphatic heterocycles. The van der Waals surface area contributed by atoms with E-state index in [0.29, 0.717) is 12.5 Å². The van der Waals surface area contributed by atoms with Gasteiger partial charge in [-0.15, -0.1) is 0 Å².